The van der Waals surface area contributed by atoms with Crippen LogP contribution in [0.2, 0.25) is 5.02 Å². The van der Waals surface area contributed by atoms with Gasteiger partial charge in [0.15, 0.2) is 0 Å². The molecule has 2 N–H and O–H groups in total. The Balaban J connectivity index is 2.22. The number of hydrogen-bond acceptors (Lipinski definition) is 3. The van der Waals surface area contributed by atoms with Crippen LogP contribution in [0.25, 0.3) is 0 Å². The topological polar surface area (TPSA) is 48.1 Å². The van der Waals surface area contributed by atoms with Crippen molar-refractivity contribution in [2.24, 2.45) is 5.73 Å². The SMILES string of the molecule is CCC(N)Cc1cccnc1Oc1ccc(Cl)c(F)c1. The molecule has 0 saturated heterocycles. The molecule has 106 valence electrons. The molecule has 1 heterocycles. The summed E-state index contributed by atoms with van der Waals surface area (Å²) >= 11 is 5.64. The molecule has 0 fully saturated rings. The number of ether oxygens (including phenoxy) is 1. The Bertz CT molecular complexity index is 592. The zero-order chi connectivity index (χ0) is 14.5. The maximum atomic E-state index is 13.4. The number of aromatic nitrogens is 1. The summed E-state index contributed by atoms with van der Waals surface area (Å²) in [6, 6.07) is 8.07. The van der Waals surface area contributed by atoms with Crippen molar-refractivity contribution in [3.63, 3.8) is 0 Å². The Kier molecular flexibility index (Phi) is 4.93. The normalized spacial score (nSPS) is 12.2. The molecule has 0 amide bonds. The van der Waals surface area contributed by atoms with Crippen molar-refractivity contribution >= 4 is 11.6 Å². The van der Waals surface area contributed by atoms with Crippen LogP contribution in [0.15, 0.2) is 36.5 Å². The molecule has 2 rings (SSSR count). The summed E-state index contributed by atoms with van der Waals surface area (Å²) in [6.07, 6.45) is 3.15. The predicted molar refractivity (Wildman–Crippen MR) is 77.7 cm³/mol. The molecule has 2 aromatic rings. The molecular formula is C15H16ClFN2O. The fraction of sp³-hybridized carbons (Fsp3) is 0.267. The van der Waals surface area contributed by atoms with Crippen molar-refractivity contribution in [1.82, 2.24) is 4.98 Å². The fourth-order valence-electron chi connectivity index (χ4n) is 1.75. The van der Waals surface area contributed by atoms with E-state index in [1.165, 1.54) is 12.1 Å². The standard InChI is InChI=1S/C15H16ClFN2O/c1-2-11(18)8-10-4-3-7-19-15(10)20-12-5-6-13(16)14(17)9-12/h3-7,9,11H,2,8,18H2,1H3. The van der Waals surface area contributed by atoms with E-state index < -0.39 is 5.82 Å². The Morgan fingerprint density at radius 3 is 2.90 bits per heavy atom. The molecule has 0 aliphatic heterocycles. The Hall–Kier alpha value is -1.65. The molecule has 3 nitrogen and oxygen atoms in total. The highest BCUT2D eigenvalue weighted by Crippen LogP contribution is 2.27. The van der Waals surface area contributed by atoms with Gasteiger partial charge in [-0.15, -0.1) is 0 Å². The molecule has 1 aromatic carbocycles. The molecule has 1 unspecified atom stereocenters. The predicted octanol–water partition coefficient (Wildman–Crippen LogP) is 3.95. The van der Waals surface area contributed by atoms with Gasteiger partial charge in [-0.2, -0.15) is 0 Å². The number of nitrogens with two attached hydrogens (primary N) is 1. The summed E-state index contributed by atoms with van der Waals surface area (Å²) in [4.78, 5) is 4.18. The highest BCUT2D eigenvalue weighted by Gasteiger charge is 2.10. The quantitative estimate of drug-likeness (QED) is 0.908. The van der Waals surface area contributed by atoms with Crippen LogP contribution in [0.3, 0.4) is 0 Å². The minimum atomic E-state index is -0.521. The highest BCUT2D eigenvalue weighted by atomic mass is 35.5. The summed E-state index contributed by atoms with van der Waals surface area (Å²) in [5, 5.41) is 0.0617. The van der Waals surface area contributed by atoms with Crippen molar-refractivity contribution in [2.45, 2.75) is 25.8 Å². The van der Waals surface area contributed by atoms with Gasteiger partial charge in [-0.1, -0.05) is 24.6 Å². The minimum Gasteiger partial charge on any atom is -0.439 e. The van der Waals surface area contributed by atoms with Crippen LogP contribution in [-0.2, 0) is 6.42 Å². The van der Waals surface area contributed by atoms with Crippen LogP contribution in [0.5, 0.6) is 11.6 Å². The van der Waals surface area contributed by atoms with Crippen LogP contribution >= 0.6 is 11.6 Å². The largest absolute Gasteiger partial charge is 0.439 e. The summed E-state index contributed by atoms with van der Waals surface area (Å²) < 4.78 is 19.0. The van der Waals surface area contributed by atoms with Crippen molar-refractivity contribution in [1.29, 1.82) is 0 Å². The number of halogens is 2. The van der Waals surface area contributed by atoms with Gasteiger partial charge in [0.25, 0.3) is 0 Å². The van der Waals surface area contributed by atoms with E-state index in [1.807, 2.05) is 19.1 Å². The van der Waals surface area contributed by atoms with Gasteiger partial charge >= 0.3 is 0 Å². The Labute approximate surface area is 122 Å². The first-order chi connectivity index (χ1) is 9.60. The Morgan fingerprint density at radius 2 is 2.20 bits per heavy atom. The molecule has 0 saturated carbocycles. The first-order valence-corrected chi connectivity index (χ1v) is 6.80. The molecule has 0 radical (unpaired) electrons. The molecular weight excluding hydrogens is 279 g/mol. The first kappa shape index (κ1) is 14.8. The fourth-order valence-corrected chi connectivity index (χ4v) is 1.87. The monoisotopic (exact) mass is 294 g/mol. The number of hydrogen-bond donors (Lipinski definition) is 1. The van der Waals surface area contributed by atoms with Crippen LogP contribution in [0.4, 0.5) is 4.39 Å². The molecule has 0 bridgehead atoms. The lowest BCUT2D eigenvalue weighted by Crippen LogP contribution is -2.21. The van der Waals surface area contributed by atoms with Gasteiger partial charge in [0.2, 0.25) is 5.88 Å². The number of rotatable bonds is 5. The van der Waals surface area contributed by atoms with Gasteiger partial charge < -0.3 is 10.5 Å². The van der Waals surface area contributed by atoms with E-state index in [2.05, 4.69) is 4.98 Å². The van der Waals surface area contributed by atoms with E-state index in [0.29, 0.717) is 18.1 Å². The van der Waals surface area contributed by atoms with Crippen molar-refractivity contribution in [2.75, 3.05) is 0 Å². The van der Waals surface area contributed by atoms with Crippen molar-refractivity contribution in [3.05, 3.63) is 52.9 Å². The van der Waals surface area contributed by atoms with Gasteiger partial charge in [0.05, 0.1) is 5.02 Å². The molecule has 0 spiro atoms. The van der Waals surface area contributed by atoms with Gasteiger partial charge in [-0.05, 0) is 31.0 Å². The maximum absolute atomic E-state index is 13.4. The van der Waals surface area contributed by atoms with Crippen LogP contribution in [-0.4, -0.2) is 11.0 Å². The molecule has 1 aromatic heterocycles. The third-order valence-electron chi connectivity index (χ3n) is 2.96. The summed E-state index contributed by atoms with van der Waals surface area (Å²) in [7, 11) is 0. The van der Waals surface area contributed by atoms with E-state index in [4.69, 9.17) is 22.1 Å². The first-order valence-electron chi connectivity index (χ1n) is 6.42. The lowest BCUT2D eigenvalue weighted by Gasteiger charge is -2.13. The lowest BCUT2D eigenvalue weighted by atomic mass is 10.1. The van der Waals surface area contributed by atoms with E-state index in [-0.39, 0.29) is 11.1 Å². The molecule has 20 heavy (non-hydrogen) atoms. The van der Waals surface area contributed by atoms with Gasteiger partial charge in [-0.3, -0.25) is 0 Å². The second-order valence-electron chi connectivity index (χ2n) is 4.52. The average Bonchev–Trinajstić information content (AvgIpc) is 2.45. The number of pyridine rings is 1. The zero-order valence-electron chi connectivity index (χ0n) is 11.1. The van der Waals surface area contributed by atoms with Crippen molar-refractivity contribution in [3.8, 4) is 11.6 Å². The van der Waals surface area contributed by atoms with E-state index in [0.717, 1.165) is 12.0 Å². The minimum absolute atomic E-state index is 0.0449. The van der Waals surface area contributed by atoms with Crippen molar-refractivity contribution < 1.29 is 9.13 Å². The second-order valence-corrected chi connectivity index (χ2v) is 4.93. The molecule has 1 atom stereocenters. The van der Waals surface area contributed by atoms with Gasteiger partial charge in [-0.25, -0.2) is 9.37 Å². The van der Waals surface area contributed by atoms with Crippen LogP contribution in [0.1, 0.15) is 18.9 Å². The highest BCUT2D eigenvalue weighted by molar-refractivity contribution is 6.30. The summed E-state index contributed by atoms with van der Waals surface area (Å²) in [6.45, 7) is 2.02. The summed E-state index contributed by atoms with van der Waals surface area (Å²) in [5.74, 6) is 0.280. The summed E-state index contributed by atoms with van der Waals surface area (Å²) in [5.41, 5.74) is 6.85. The van der Waals surface area contributed by atoms with E-state index in [1.54, 1.807) is 12.3 Å². The van der Waals surface area contributed by atoms with E-state index in [9.17, 15) is 4.39 Å². The molecule has 0 aliphatic rings. The third-order valence-corrected chi connectivity index (χ3v) is 3.27. The van der Waals surface area contributed by atoms with Crippen LogP contribution in [0, 0.1) is 5.82 Å². The van der Waals surface area contributed by atoms with Gasteiger partial charge in [0.1, 0.15) is 11.6 Å². The van der Waals surface area contributed by atoms with Gasteiger partial charge in [0, 0.05) is 23.9 Å². The molecule has 5 heteroatoms. The lowest BCUT2D eigenvalue weighted by molar-refractivity contribution is 0.448. The van der Waals surface area contributed by atoms with E-state index >= 15 is 0 Å². The maximum Gasteiger partial charge on any atom is 0.222 e. The van der Waals surface area contributed by atoms with Crippen LogP contribution < -0.4 is 10.5 Å². The smallest absolute Gasteiger partial charge is 0.222 e. The number of nitrogens with zero attached hydrogens (tertiary/aromatic N) is 1. The zero-order valence-corrected chi connectivity index (χ0v) is 11.9. The third kappa shape index (κ3) is 3.68. The second kappa shape index (κ2) is 6.68. The number of benzene rings is 1. The average molecular weight is 295 g/mol. The molecule has 0 aliphatic carbocycles. The Morgan fingerprint density at radius 1 is 1.40 bits per heavy atom.